The molecule has 0 fully saturated rings. The molecule has 0 aromatic carbocycles. The van der Waals surface area contributed by atoms with Crippen LogP contribution in [0.15, 0.2) is 12.7 Å². The highest BCUT2D eigenvalue weighted by Gasteiger charge is 2.06. The van der Waals surface area contributed by atoms with Gasteiger partial charge in [-0.25, -0.2) is 0 Å². The molecular formula is C11H20O3. The zero-order valence-electron chi connectivity index (χ0n) is 8.87. The molecular weight excluding hydrogens is 180 g/mol. The van der Waals surface area contributed by atoms with Crippen LogP contribution in [0.25, 0.3) is 0 Å². The number of carbonyl (C=O) groups is 1. The SMILES string of the molecule is C=CC(O)OC(=O)CCCCCCC. The summed E-state index contributed by atoms with van der Waals surface area (Å²) in [5.74, 6) is -0.353. The molecule has 0 aliphatic rings. The molecule has 0 aliphatic heterocycles. The van der Waals surface area contributed by atoms with Gasteiger partial charge >= 0.3 is 5.97 Å². The van der Waals surface area contributed by atoms with Crippen LogP contribution in [0, 0.1) is 0 Å². The Labute approximate surface area is 85.8 Å². The van der Waals surface area contributed by atoms with E-state index < -0.39 is 6.29 Å². The Morgan fingerprint density at radius 2 is 2.07 bits per heavy atom. The summed E-state index contributed by atoms with van der Waals surface area (Å²) in [7, 11) is 0. The first-order valence-corrected chi connectivity index (χ1v) is 5.20. The number of rotatable bonds is 8. The van der Waals surface area contributed by atoms with Gasteiger partial charge in [0.05, 0.1) is 0 Å². The van der Waals surface area contributed by atoms with Crippen molar-refractivity contribution < 1.29 is 14.6 Å². The number of carbonyl (C=O) groups excluding carboxylic acids is 1. The molecule has 82 valence electrons. The van der Waals surface area contributed by atoms with Gasteiger partial charge < -0.3 is 9.84 Å². The van der Waals surface area contributed by atoms with Crippen LogP contribution >= 0.6 is 0 Å². The second-order valence-corrected chi connectivity index (χ2v) is 3.28. The molecule has 1 atom stereocenters. The van der Waals surface area contributed by atoms with Crippen molar-refractivity contribution in [3.05, 3.63) is 12.7 Å². The molecule has 0 aromatic rings. The summed E-state index contributed by atoms with van der Waals surface area (Å²) in [5.41, 5.74) is 0. The Balaban J connectivity index is 3.31. The third kappa shape index (κ3) is 7.80. The van der Waals surface area contributed by atoms with Crippen LogP contribution in [-0.2, 0) is 9.53 Å². The molecule has 0 radical (unpaired) electrons. The Kier molecular flexibility index (Phi) is 8.24. The highest BCUT2D eigenvalue weighted by Crippen LogP contribution is 2.06. The van der Waals surface area contributed by atoms with Crippen molar-refractivity contribution >= 4 is 5.97 Å². The van der Waals surface area contributed by atoms with Gasteiger partial charge in [-0.15, -0.1) is 0 Å². The maximum Gasteiger partial charge on any atom is 0.308 e. The van der Waals surface area contributed by atoms with Gasteiger partial charge in [-0.1, -0.05) is 39.2 Å². The molecule has 0 saturated carbocycles. The quantitative estimate of drug-likeness (QED) is 0.283. The van der Waals surface area contributed by atoms with Gasteiger partial charge in [0.2, 0.25) is 6.29 Å². The third-order valence-electron chi connectivity index (χ3n) is 1.94. The van der Waals surface area contributed by atoms with E-state index in [2.05, 4.69) is 18.2 Å². The maximum atomic E-state index is 11.0. The fourth-order valence-corrected chi connectivity index (χ4v) is 1.11. The highest BCUT2D eigenvalue weighted by molar-refractivity contribution is 5.69. The molecule has 3 nitrogen and oxygen atoms in total. The van der Waals surface area contributed by atoms with Gasteiger partial charge in [-0.05, 0) is 12.5 Å². The van der Waals surface area contributed by atoms with E-state index in [0.29, 0.717) is 6.42 Å². The fourth-order valence-electron chi connectivity index (χ4n) is 1.11. The predicted molar refractivity (Wildman–Crippen MR) is 55.7 cm³/mol. The standard InChI is InChI=1S/C11H20O3/c1-3-5-6-7-8-9-11(13)14-10(12)4-2/h4,10,12H,2-3,5-9H2,1H3. The zero-order valence-corrected chi connectivity index (χ0v) is 8.87. The minimum absolute atomic E-state index is 0.353. The topological polar surface area (TPSA) is 46.5 Å². The number of esters is 1. The van der Waals surface area contributed by atoms with Crippen LogP contribution in [0.1, 0.15) is 45.4 Å². The summed E-state index contributed by atoms with van der Waals surface area (Å²) >= 11 is 0. The molecule has 0 saturated heterocycles. The van der Waals surface area contributed by atoms with Crippen molar-refractivity contribution in [2.45, 2.75) is 51.7 Å². The minimum Gasteiger partial charge on any atom is -0.432 e. The van der Waals surface area contributed by atoms with Crippen molar-refractivity contribution in [3.63, 3.8) is 0 Å². The average molecular weight is 200 g/mol. The summed E-state index contributed by atoms with van der Waals surface area (Å²) in [6.45, 7) is 5.45. The molecule has 1 unspecified atom stereocenters. The molecule has 0 bridgehead atoms. The van der Waals surface area contributed by atoms with E-state index >= 15 is 0 Å². The van der Waals surface area contributed by atoms with Crippen LogP contribution in [0.2, 0.25) is 0 Å². The Hall–Kier alpha value is -0.830. The first kappa shape index (κ1) is 13.2. The molecule has 0 amide bonds. The lowest BCUT2D eigenvalue weighted by atomic mass is 10.1. The normalized spacial score (nSPS) is 12.1. The molecule has 1 N–H and O–H groups in total. The number of aliphatic hydroxyl groups excluding tert-OH is 1. The van der Waals surface area contributed by atoms with Crippen molar-refractivity contribution in [2.24, 2.45) is 0 Å². The Morgan fingerprint density at radius 3 is 2.64 bits per heavy atom. The van der Waals surface area contributed by atoms with Crippen molar-refractivity contribution in [1.82, 2.24) is 0 Å². The van der Waals surface area contributed by atoms with E-state index in [9.17, 15) is 4.79 Å². The molecule has 0 rings (SSSR count). The van der Waals surface area contributed by atoms with Crippen LogP contribution < -0.4 is 0 Å². The largest absolute Gasteiger partial charge is 0.432 e. The Morgan fingerprint density at radius 1 is 1.43 bits per heavy atom. The van der Waals surface area contributed by atoms with Gasteiger partial charge in [0.1, 0.15) is 0 Å². The van der Waals surface area contributed by atoms with Crippen LogP contribution in [0.3, 0.4) is 0 Å². The monoisotopic (exact) mass is 200 g/mol. The average Bonchev–Trinajstić information content (AvgIpc) is 2.17. The number of aliphatic hydroxyl groups is 1. The van der Waals surface area contributed by atoms with Crippen molar-refractivity contribution in [1.29, 1.82) is 0 Å². The first-order chi connectivity index (χ1) is 6.70. The van der Waals surface area contributed by atoms with Gasteiger partial charge in [-0.3, -0.25) is 4.79 Å². The summed E-state index contributed by atoms with van der Waals surface area (Å²) < 4.78 is 4.60. The third-order valence-corrected chi connectivity index (χ3v) is 1.94. The maximum absolute atomic E-state index is 11.0. The zero-order chi connectivity index (χ0) is 10.8. The predicted octanol–water partition coefficient (Wildman–Crippen LogP) is 2.39. The second kappa shape index (κ2) is 8.75. The summed E-state index contributed by atoms with van der Waals surface area (Å²) in [4.78, 5) is 11.0. The van der Waals surface area contributed by atoms with E-state index in [0.717, 1.165) is 19.3 Å². The van der Waals surface area contributed by atoms with Gasteiger partial charge in [0.15, 0.2) is 0 Å². The summed E-state index contributed by atoms with van der Waals surface area (Å²) in [6, 6.07) is 0. The summed E-state index contributed by atoms with van der Waals surface area (Å²) in [5, 5.41) is 8.91. The molecule has 3 heteroatoms. The lowest BCUT2D eigenvalue weighted by Gasteiger charge is -2.06. The van der Waals surface area contributed by atoms with Crippen LogP contribution in [0.4, 0.5) is 0 Å². The van der Waals surface area contributed by atoms with Crippen molar-refractivity contribution in [2.75, 3.05) is 0 Å². The number of hydrogen-bond acceptors (Lipinski definition) is 3. The number of hydrogen-bond donors (Lipinski definition) is 1. The Bertz CT molecular complexity index is 166. The van der Waals surface area contributed by atoms with E-state index in [4.69, 9.17) is 5.11 Å². The lowest BCUT2D eigenvalue weighted by molar-refractivity contribution is -0.160. The highest BCUT2D eigenvalue weighted by atomic mass is 16.6. The van der Waals surface area contributed by atoms with Gasteiger partial charge in [0, 0.05) is 6.42 Å². The molecule has 14 heavy (non-hydrogen) atoms. The van der Waals surface area contributed by atoms with E-state index in [1.807, 2.05) is 0 Å². The smallest absolute Gasteiger partial charge is 0.308 e. The lowest BCUT2D eigenvalue weighted by Crippen LogP contribution is -2.14. The first-order valence-electron chi connectivity index (χ1n) is 5.20. The van der Waals surface area contributed by atoms with E-state index in [1.165, 1.54) is 18.9 Å². The second-order valence-electron chi connectivity index (χ2n) is 3.28. The molecule has 0 aromatic heterocycles. The minimum atomic E-state index is -1.15. The molecule has 0 aliphatic carbocycles. The summed E-state index contributed by atoms with van der Waals surface area (Å²) in [6.07, 6.45) is 5.87. The van der Waals surface area contributed by atoms with E-state index in [-0.39, 0.29) is 5.97 Å². The molecule has 0 spiro atoms. The van der Waals surface area contributed by atoms with Crippen LogP contribution in [-0.4, -0.2) is 17.4 Å². The fraction of sp³-hybridized carbons (Fsp3) is 0.727. The van der Waals surface area contributed by atoms with Crippen molar-refractivity contribution in [3.8, 4) is 0 Å². The van der Waals surface area contributed by atoms with Gasteiger partial charge in [0.25, 0.3) is 0 Å². The number of unbranched alkanes of at least 4 members (excludes halogenated alkanes) is 4. The van der Waals surface area contributed by atoms with E-state index in [1.54, 1.807) is 0 Å². The molecule has 0 heterocycles. The van der Waals surface area contributed by atoms with Crippen LogP contribution in [0.5, 0.6) is 0 Å². The van der Waals surface area contributed by atoms with Gasteiger partial charge in [-0.2, -0.15) is 0 Å². The number of ether oxygens (including phenoxy) is 1.